The second-order valence-corrected chi connectivity index (χ2v) is 6.39. The highest BCUT2D eigenvalue weighted by Crippen LogP contribution is 2.32. The highest BCUT2D eigenvalue weighted by Gasteiger charge is 2.31. The number of carbonyl (C=O) groups excluding carboxylic acids is 2. The standard InChI is InChI=1S/C22H20O3/c1-22(16-23,14-21(24)25-15-17-8-3-2-4-9-17)20-13-7-11-18-10-5-6-12-19(18)20/h2-13,16H,14-15H2,1H3. The van der Waals surface area contributed by atoms with Crippen LogP contribution in [0.3, 0.4) is 0 Å². The molecule has 25 heavy (non-hydrogen) atoms. The third-order valence-electron chi connectivity index (χ3n) is 4.42. The minimum Gasteiger partial charge on any atom is -0.461 e. The van der Waals surface area contributed by atoms with Gasteiger partial charge in [-0.15, -0.1) is 0 Å². The van der Waals surface area contributed by atoms with Crippen molar-refractivity contribution in [2.24, 2.45) is 0 Å². The predicted octanol–water partition coefficient (Wildman–Crippen LogP) is 4.43. The minimum atomic E-state index is -0.922. The summed E-state index contributed by atoms with van der Waals surface area (Å²) in [5.74, 6) is -0.383. The van der Waals surface area contributed by atoms with Crippen LogP contribution in [0.1, 0.15) is 24.5 Å². The number of esters is 1. The van der Waals surface area contributed by atoms with Gasteiger partial charge in [-0.05, 0) is 28.8 Å². The number of rotatable bonds is 6. The van der Waals surface area contributed by atoms with E-state index in [2.05, 4.69) is 0 Å². The maximum Gasteiger partial charge on any atom is 0.307 e. The number of hydrogen-bond donors (Lipinski definition) is 0. The van der Waals surface area contributed by atoms with Crippen LogP contribution in [-0.4, -0.2) is 12.3 Å². The predicted molar refractivity (Wildman–Crippen MR) is 98.2 cm³/mol. The molecule has 1 atom stereocenters. The van der Waals surface area contributed by atoms with E-state index < -0.39 is 5.41 Å². The molecule has 0 saturated carbocycles. The fourth-order valence-corrected chi connectivity index (χ4v) is 3.01. The summed E-state index contributed by atoms with van der Waals surface area (Å²) in [7, 11) is 0. The first-order chi connectivity index (χ1) is 12.1. The molecule has 0 aliphatic heterocycles. The lowest BCUT2D eigenvalue weighted by Gasteiger charge is -2.24. The Bertz CT molecular complexity index is 881. The van der Waals surface area contributed by atoms with E-state index in [9.17, 15) is 9.59 Å². The molecule has 0 bridgehead atoms. The van der Waals surface area contributed by atoms with Crippen molar-refractivity contribution >= 4 is 23.0 Å². The first kappa shape index (κ1) is 16.9. The van der Waals surface area contributed by atoms with Crippen LogP contribution in [0.4, 0.5) is 0 Å². The van der Waals surface area contributed by atoms with Crippen LogP contribution in [0.25, 0.3) is 10.8 Å². The Kier molecular flexibility index (Phi) is 4.94. The third kappa shape index (κ3) is 3.77. The van der Waals surface area contributed by atoms with E-state index in [0.29, 0.717) is 0 Å². The molecule has 126 valence electrons. The van der Waals surface area contributed by atoms with Gasteiger partial charge in [0.15, 0.2) is 0 Å². The van der Waals surface area contributed by atoms with Crippen LogP contribution >= 0.6 is 0 Å². The molecule has 3 aromatic carbocycles. The molecule has 0 spiro atoms. The maximum atomic E-state index is 12.3. The van der Waals surface area contributed by atoms with Crippen molar-refractivity contribution in [3.8, 4) is 0 Å². The van der Waals surface area contributed by atoms with Crippen molar-refractivity contribution in [2.75, 3.05) is 0 Å². The zero-order chi connectivity index (χ0) is 17.7. The molecule has 1 unspecified atom stereocenters. The van der Waals surface area contributed by atoms with Gasteiger partial charge in [-0.1, -0.05) is 72.8 Å². The van der Waals surface area contributed by atoms with Crippen LogP contribution in [-0.2, 0) is 26.3 Å². The van der Waals surface area contributed by atoms with Crippen molar-refractivity contribution in [3.05, 3.63) is 83.9 Å². The van der Waals surface area contributed by atoms with Crippen LogP contribution in [0, 0.1) is 0 Å². The lowest BCUT2D eigenvalue weighted by atomic mass is 9.78. The molecule has 0 aromatic heterocycles. The minimum absolute atomic E-state index is 0.0113. The van der Waals surface area contributed by atoms with Crippen molar-refractivity contribution in [3.63, 3.8) is 0 Å². The topological polar surface area (TPSA) is 43.4 Å². The SMILES string of the molecule is CC(C=O)(CC(=O)OCc1ccccc1)c1cccc2ccccc12. The Morgan fingerprint density at radius 2 is 1.64 bits per heavy atom. The number of benzene rings is 3. The van der Waals surface area contributed by atoms with Crippen LogP contribution < -0.4 is 0 Å². The first-order valence-corrected chi connectivity index (χ1v) is 8.26. The summed E-state index contributed by atoms with van der Waals surface area (Å²) in [4.78, 5) is 24.2. The third-order valence-corrected chi connectivity index (χ3v) is 4.42. The van der Waals surface area contributed by atoms with Gasteiger partial charge >= 0.3 is 5.97 Å². The van der Waals surface area contributed by atoms with Gasteiger partial charge in [0.05, 0.1) is 11.8 Å². The molecule has 0 N–H and O–H groups in total. The lowest BCUT2D eigenvalue weighted by Crippen LogP contribution is -2.28. The number of aldehydes is 1. The van der Waals surface area contributed by atoms with E-state index in [4.69, 9.17) is 4.74 Å². The largest absolute Gasteiger partial charge is 0.461 e. The summed E-state index contributed by atoms with van der Waals surface area (Å²) >= 11 is 0. The van der Waals surface area contributed by atoms with E-state index in [1.807, 2.05) is 72.8 Å². The van der Waals surface area contributed by atoms with Gasteiger partial charge in [-0.3, -0.25) is 4.79 Å². The fourth-order valence-electron chi connectivity index (χ4n) is 3.01. The zero-order valence-corrected chi connectivity index (χ0v) is 14.1. The van der Waals surface area contributed by atoms with Crippen molar-refractivity contribution in [1.82, 2.24) is 0 Å². The van der Waals surface area contributed by atoms with Crippen molar-refractivity contribution in [1.29, 1.82) is 0 Å². The smallest absolute Gasteiger partial charge is 0.307 e. The van der Waals surface area contributed by atoms with E-state index >= 15 is 0 Å². The summed E-state index contributed by atoms with van der Waals surface area (Å²) in [5.41, 5.74) is 0.848. The maximum absolute atomic E-state index is 12.3. The van der Waals surface area contributed by atoms with Gasteiger partial charge in [-0.25, -0.2) is 0 Å². The lowest BCUT2D eigenvalue weighted by molar-refractivity contribution is -0.147. The summed E-state index contributed by atoms with van der Waals surface area (Å²) in [6, 6.07) is 23.2. The molecule has 3 rings (SSSR count). The summed E-state index contributed by atoms with van der Waals surface area (Å²) < 4.78 is 5.36. The van der Waals surface area contributed by atoms with Gasteiger partial charge in [0.1, 0.15) is 12.9 Å². The van der Waals surface area contributed by atoms with Crippen molar-refractivity contribution < 1.29 is 14.3 Å². The summed E-state index contributed by atoms with van der Waals surface area (Å²) in [5, 5.41) is 2.03. The normalized spacial score (nSPS) is 13.2. The van der Waals surface area contributed by atoms with Crippen LogP contribution in [0.2, 0.25) is 0 Å². The average molecular weight is 332 g/mol. The molecule has 0 amide bonds. The van der Waals surface area contributed by atoms with Gasteiger partial charge in [0.2, 0.25) is 0 Å². The van der Waals surface area contributed by atoms with E-state index in [-0.39, 0.29) is 19.0 Å². The second kappa shape index (κ2) is 7.31. The van der Waals surface area contributed by atoms with Gasteiger partial charge < -0.3 is 9.53 Å². The number of fused-ring (bicyclic) bond motifs is 1. The zero-order valence-electron chi connectivity index (χ0n) is 14.1. The van der Waals surface area contributed by atoms with Gasteiger partial charge in [0.25, 0.3) is 0 Å². The molecular formula is C22H20O3. The molecule has 0 saturated heterocycles. The Hall–Kier alpha value is -2.94. The van der Waals surface area contributed by atoms with E-state index in [1.165, 1.54) is 0 Å². The fraction of sp³-hybridized carbons (Fsp3) is 0.182. The molecular weight excluding hydrogens is 312 g/mol. The number of ether oxygens (including phenoxy) is 1. The summed E-state index contributed by atoms with van der Waals surface area (Å²) in [6.07, 6.45) is 0.857. The number of hydrogen-bond acceptors (Lipinski definition) is 3. The molecule has 0 fully saturated rings. The molecule has 3 aromatic rings. The van der Waals surface area contributed by atoms with Crippen LogP contribution in [0.15, 0.2) is 72.8 Å². The highest BCUT2D eigenvalue weighted by molar-refractivity contribution is 5.91. The van der Waals surface area contributed by atoms with E-state index in [1.54, 1.807) is 6.92 Å². The Labute approximate surface area is 147 Å². The average Bonchev–Trinajstić information content (AvgIpc) is 2.66. The summed E-state index contributed by atoms with van der Waals surface area (Å²) in [6.45, 7) is 2.00. The monoisotopic (exact) mass is 332 g/mol. The molecule has 0 heterocycles. The Balaban J connectivity index is 1.80. The molecule has 3 heteroatoms. The Morgan fingerprint density at radius 1 is 0.960 bits per heavy atom. The van der Waals surface area contributed by atoms with E-state index in [0.717, 1.165) is 28.2 Å². The first-order valence-electron chi connectivity index (χ1n) is 8.26. The molecule has 0 aliphatic carbocycles. The molecule has 3 nitrogen and oxygen atoms in total. The van der Waals surface area contributed by atoms with Gasteiger partial charge in [0, 0.05) is 0 Å². The quantitative estimate of drug-likeness (QED) is 0.495. The second-order valence-electron chi connectivity index (χ2n) is 6.39. The van der Waals surface area contributed by atoms with Crippen molar-refractivity contribution in [2.45, 2.75) is 25.4 Å². The molecule has 0 radical (unpaired) electrons. The Morgan fingerprint density at radius 3 is 2.40 bits per heavy atom. The van der Waals surface area contributed by atoms with Gasteiger partial charge in [-0.2, -0.15) is 0 Å². The number of carbonyl (C=O) groups is 2. The highest BCUT2D eigenvalue weighted by atomic mass is 16.5. The molecule has 0 aliphatic rings. The van der Waals surface area contributed by atoms with Crippen LogP contribution in [0.5, 0.6) is 0 Å².